The molecule has 1 unspecified atom stereocenters. The molecule has 7 heteroatoms. The van der Waals surface area contributed by atoms with Crippen molar-refractivity contribution in [3.63, 3.8) is 0 Å². The maximum absolute atomic E-state index is 11.2. The Labute approximate surface area is 122 Å². The Morgan fingerprint density at radius 1 is 1.38 bits per heavy atom. The molecule has 1 heterocycles. The van der Waals surface area contributed by atoms with Gasteiger partial charge in [-0.1, -0.05) is 30.3 Å². The fourth-order valence-electron chi connectivity index (χ4n) is 2.54. The molecule has 1 amide bonds. The molecule has 2 rings (SSSR count). The molecular weight excluding hydrogens is 274 g/mol. The minimum absolute atomic E-state index is 0.131. The first-order valence-electron chi connectivity index (χ1n) is 6.97. The number of carbonyl (C=O) groups is 1. The fourth-order valence-corrected chi connectivity index (χ4v) is 2.54. The van der Waals surface area contributed by atoms with E-state index in [1.165, 1.54) is 4.90 Å². The first kappa shape index (κ1) is 15.2. The second-order valence-electron chi connectivity index (χ2n) is 5.16. The van der Waals surface area contributed by atoms with Crippen molar-refractivity contribution in [1.29, 1.82) is 0 Å². The molecular formula is C14H19N3O4. The quantitative estimate of drug-likeness (QED) is 0.636. The highest BCUT2D eigenvalue weighted by Gasteiger charge is 2.26. The van der Waals surface area contributed by atoms with Gasteiger partial charge in [0.05, 0.1) is 6.54 Å². The van der Waals surface area contributed by atoms with Gasteiger partial charge in [-0.25, -0.2) is 4.79 Å². The molecule has 114 valence electrons. The molecule has 7 nitrogen and oxygen atoms in total. The third-order valence-corrected chi connectivity index (χ3v) is 3.80. The van der Waals surface area contributed by atoms with Crippen LogP contribution in [0.25, 0.3) is 0 Å². The summed E-state index contributed by atoms with van der Waals surface area (Å²) in [6.45, 7) is 1.21. The first-order chi connectivity index (χ1) is 10.1. The Balaban J connectivity index is 1.86. The van der Waals surface area contributed by atoms with Crippen molar-refractivity contribution in [2.45, 2.75) is 24.9 Å². The zero-order valence-corrected chi connectivity index (χ0v) is 11.6. The van der Waals surface area contributed by atoms with E-state index in [0.717, 1.165) is 0 Å². The van der Waals surface area contributed by atoms with E-state index >= 15 is 0 Å². The first-order valence-corrected chi connectivity index (χ1v) is 6.97. The Bertz CT molecular complexity index is 486. The van der Waals surface area contributed by atoms with Crippen molar-refractivity contribution in [1.82, 2.24) is 10.2 Å². The van der Waals surface area contributed by atoms with E-state index in [0.29, 0.717) is 31.5 Å². The number of nitro groups is 1. The lowest BCUT2D eigenvalue weighted by atomic mass is 10.0. The minimum Gasteiger partial charge on any atom is -0.465 e. The number of hydrogen-bond acceptors (Lipinski definition) is 4. The Morgan fingerprint density at radius 3 is 2.52 bits per heavy atom. The average molecular weight is 293 g/mol. The highest BCUT2D eigenvalue weighted by atomic mass is 16.6. The summed E-state index contributed by atoms with van der Waals surface area (Å²) in [6.07, 6.45) is 0.470. The van der Waals surface area contributed by atoms with Crippen LogP contribution in [-0.4, -0.2) is 46.7 Å². The zero-order valence-electron chi connectivity index (χ0n) is 11.6. The van der Waals surface area contributed by atoms with Gasteiger partial charge in [0.25, 0.3) is 0 Å². The molecule has 0 radical (unpaired) electrons. The molecule has 0 bridgehead atoms. The molecule has 0 spiro atoms. The molecule has 1 aromatic rings. The predicted octanol–water partition coefficient (Wildman–Crippen LogP) is 1.74. The SMILES string of the molecule is O=C(O)N1CCC(NCC(c2ccccc2)[N+](=O)[O-])CC1. The molecule has 1 fully saturated rings. The van der Waals surface area contributed by atoms with Gasteiger partial charge in [-0.15, -0.1) is 0 Å². The Hall–Kier alpha value is -2.15. The van der Waals surface area contributed by atoms with Crippen molar-refractivity contribution in [3.05, 3.63) is 46.0 Å². The van der Waals surface area contributed by atoms with Gasteiger partial charge in [0.1, 0.15) is 0 Å². The van der Waals surface area contributed by atoms with Crippen molar-refractivity contribution in [3.8, 4) is 0 Å². The minimum atomic E-state index is -0.902. The molecule has 1 aliphatic rings. The van der Waals surface area contributed by atoms with Crippen molar-refractivity contribution in [2.24, 2.45) is 0 Å². The number of carboxylic acid groups (broad SMARTS) is 1. The van der Waals surface area contributed by atoms with E-state index in [9.17, 15) is 14.9 Å². The monoisotopic (exact) mass is 293 g/mol. The van der Waals surface area contributed by atoms with Crippen LogP contribution in [0.1, 0.15) is 24.4 Å². The topological polar surface area (TPSA) is 95.7 Å². The van der Waals surface area contributed by atoms with E-state index in [2.05, 4.69) is 5.32 Å². The number of nitrogens with one attached hydrogen (secondary N) is 1. The van der Waals surface area contributed by atoms with Crippen LogP contribution in [0.15, 0.2) is 30.3 Å². The lowest BCUT2D eigenvalue weighted by Crippen LogP contribution is -2.45. The predicted molar refractivity (Wildman–Crippen MR) is 76.8 cm³/mol. The summed E-state index contributed by atoms with van der Waals surface area (Å²) in [4.78, 5) is 23.1. The van der Waals surface area contributed by atoms with Crippen molar-refractivity contribution >= 4 is 6.09 Å². The third-order valence-electron chi connectivity index (χ3n) is 3.80. The number of piperidine rings is 1. The summed E-state index contributed by atoms with van der Waals surface area (Å²) in [5, 5.41) is 23.3. The van der Waals surface area contributed by atoms with Gasteiger partial charge in [-0.2, -0.15) is 0 Å². The normalized spacial score (nSPS) is 17.4. The number of nitrogens with zero attached hydrogens (tertiary/aromatic N) is 2. The molecule has 0 saturated carbocycles. The Kier molecular flexibility index (Phi) is 5.10. The lowest BCUT2D eigenvalue weighted by Gasteiger charge is -2.30. The van der Waals surface area contributed by atoms with E-state index in [1.54, 1.807) is 24.3 Å². The third kappa shape index (κ3) is 4.16. The summed E-state index contributed by atoms with van der Waals surface area (Å²) in [6, 6.07) is 8.27. The van der Waals surface area contributed by atoms with E-state index in [-0.39, 0.29) is 17.5 Å². The molecule has 1 aliphatic heterocycles. The van der Waals surface area contributed by atoms with Crippen molar-refractivity contribution < 1.29 is 14.8 Å². The van der Waals surface area contributed by atoms with Gasteiger partial charge in [0.2, 0.25) is 6.04 Å². The van der Waals surface area contributed by atoms with Crippen LogP contribution in [0.2, 0.25) is 0 Å². The van der Waals surface area contributed by atoms with Crippen LogP contribution in [0, 0.1) is 10.1 Å². The van der Waals surface area contributed by atoms with Crippen LogP contribution in [0.3, 0.4) is 0 Å². The number of likely N-dealkylation sites (tertiary alicyclic amines) is 1. The van der Waals surface area contributed by atoms with Crippen LogP contribution in [0.4, 0.5) is 4.79 Å². The van der Waals surface area contributed by atoms with E-state index in [1.807, 2.05) is 6.07 Å². The largest absolute Gasteiger partial charge is 0.465 e. The lowest BCUT2D eigenvalue weighted by molar-refractivity contribution is -0.527. The fraction of sp³-hybridized carbons (Fsp3) is 0.500. The molecule has 1 aromatic carbocycles. The van der Waals surface area contributed by atoms with Gasteiger partial charge in [-0.05, 0) is 12.8 Å². The number of rotatable bonds is 5. The van der Waals surface area contributed by atoms with E-state index in [4.69, 9.17) is 5.11 Å². The second-order valence-corrected chi connectivity index (χ2v) is 5.16. The zero-order chi connectivity index (χ0) is 15.2. The van der Waals surface area contributed by atoms with Crippen molar-refractivity contribution in [2.75, 3.05) is 19.6 Å². The summed E-state index contributed by atoms with van der Waals surface area (Å²) in [5.41, 5.74) is 0.679. The van der Waals surface area contributed by atoms with Gasteiger partial charge in [0, 0.05) is 29.6 Å². The second kappa shape index (κ2) is 7.03. The molecule has 0 aromatic heterocycles. The van der Waals surface area contributed by atoms with Crippen LogP contribution >= 0.6 is 0 Å². The molecule has 2 N–H and O–H groups in total. The number of benzene rings is 1. The molecule has 21 heavy (non-hydrogen) atoms. The van der Waals surface area contributed by atoms with Gasteiger partial charge < -0.3 is 15.3 Å². The van der Waals surface area contributed by atoms with Crippen LogP contribution < -0.4 is 5.32 Å². The summed E-state index contributed by atoms with van der Waals surface area (Å²) < 4.78 is 0. The van der Waals surface area contributed by atoms with Gasteiger partial charge >= 0.3 is 6.09 Å². The van der Waals surface area contributed by atoms with Gasteiger partial charge in [-0.3, -0.25) is 10.1 Å². The van der Waals surface area contributed by atoms with E-state index < -0.39 is 12.1 Å². The van der Waals surface area contributed by atoms with Crippen LogP contribution in [0.5, 0.6) is 0 Å². The average Bonchev–Trinajstić information content (AvgIpc) is 2.48. The molecule has 0 aliphatic carbocycles. The summed E-state index contributed by atoms with van der Waals surface area (Å²) in [5.74, 6) is 0. The maximum Gasteiger partial charge on any atom is 0.407 e. The standard InChI is InChI=1S/C14H19N3O4/c18-14(19)16-8-6-12(7-9-16)15-10-13(17(20)21)11-4-2-1-3-5-11/h1-5,12-13,15H,6-10H2,(H,18,19). The molecule has 1 saturated heterocycles. The summed E-state index contributed by atoms with van der Waals surface area (Å²) in [7, 11) is 0. The molecule has 1 atom stereocenters. The Morgan fingerprint density at radius 2 is 2.00 bits per heavy atom. The highest BCUT2D eigenvalue weighted by molar-refractivity contribution is 5.65. The summed E-state index contributed by atoms with van der Waals surface area (Å²) >= 11 is 0. The number of amides is 1. The smallest absolute Gasteiger partial charge is 0.407 e. The van der Waals surface area contributed by atoms with Gasteiger partial charge in [0.15, 0.2) is 0 Å². The highest BCUT2D eigenvalue weighted by Crippen LogP contribution is 2.17. The number of hydrogen-bond donors (Lipinski definition) is 2. The maximum atomic E-state index is 11.2. The van der Waals surface area contributed by atoms with Crippen LogP contribution in [-0.2, 0) is 0 Å².